The summed E-state index contributed by atoms with van der Waals surface area (Å²) >= 11 is 5.98. The average Bonchev–Trinajstić information content (AvgIpc) is 2.56. The van der Waals surface area contributed by atoms with Crippen LogP contribution in [0.4, 0.5) is 5.69 Å². The summed E-state index contributed by atoms with van der Waals surface area (Å²) in [7, 11) is 0. The molecule has 5 nitrogen and oxygen atoms in total. The van der Waals surface area contributed by atoms with Crippen LogP contribution in [0.5, 0.6) is 0 Å². The van der Waals surface area contributed by atoms with E-state index < -0.39 is 10.8 Å². The lowest BCUT2D eigenvalue weighted by Gasteiger charge is -2.16. The first-order chi connectivity index (χ1) is 11.0. The van der Waals surface area contributed by atoms with Crippen molar-refractivity contribution in [2.24, 2.45) is 0 Å². The molecule has 0 spiro atoms. The number of benzene rings is 2. The fourth-order valence-corrected chi connectivity index (χ4v) is 2.54. The molecule has 0 aliphatic heterocycles. The van der Waals surface area contributed by atoms with Crippen LogP contribution >= 0.6 is 11.6 Å². The van der Waals surface area contributed by atoms with E-state index in [0.717, 1.165) is 12.0 Å². The van der Waals surface area contributed by atoms with Gasteiger partial charge in [0.05, 0.1) is 15.5 Å². The highest BCUT2D eigenvalue weighted by Gasteiger charge is 2.17. The van der Waals surface area contributed by atoms with Crippen LogP contribution in [0.2, 0.25) is 5.02 Å². The van der Waals surface area contributed by atoms with Crippen molar-refractivity contribution in [1.29, 1.82) is 0 Å². The van der Waals surface area contributed by atoms with E-state index in [9.17, 15) is 14.9 Å². The van der Waals surface area contributed by atoms with E-state index in [1.807, 2.05) is 37.3 Å². The van der Waals surface area contributed by atoms with Crippen LogP contribution in [0, 0.1) is 10.1 Å². The average molecular weight is 333 g/mol. The van der Waals surface area contributed by atoms with Gasteiger partial charge in [-0.15, -0.1) is 0 Å². The quantitative estimate of drug-likeness (QED) is 0.637. The Bertz CT molecular complexity index is 704. The van der Waals surface area contributed by atoms with Crippen LogP contribution in [-0.4, -0.2) is 17.4 Å². The Hall–Kier alpha value is -2.40. The van der Waals surface area contributed by atoms with Gasteiger partial charge in [0.2, 0.25) is 0 Å². The molecular weight excluding hydrogens is 316 g/mol. The summed E-state index contributed by atoms with van der Waals surface area (Å²) in [5.41, 5.74) is 1.10. The molecule has 2 rings (SSSR count). The van der Waals surface area contributed by atoms with Crippen LogP contribution in [0.15, 0.2) is 48.5 Å². The predicted molar refractivity (Wildman–Crippen MR) is 89.9 cm³/mol. The lowest BCUT2D eigenvalue weighted by atomic mass is 9.96. The number of nitrogens with zero attached hydrogens (tertiary/aromatic N) is 1. The molecule has 0 bridgehead atoms. The van der Waals surface area contributed by atoms with Crippen LogP contribution in [0.1, 0.15) is 35.2 Å². The number of amides is 1. The Morgan fingerprint density at radius 3 is 2.57 bits per heavy atom. The number of carbonyl (C=O) groups is 1. The van der Waals surface area contributed by atoms with Gasteiger partial charge in [-0.25, -0.2) is 0 Å². The van der Waals surface area contributed by atoms with E-state index in [0.29, 0.717) is 6.54 Å². The summed E-state index contributed by atoms with van der Waals surface area (Å²) in [6.07, 6.45) is 0.868. The van der Waals surface area contributed by atoms with Gasteiger partial charge in [0, 0.05) is 24.6 Å². The SMILES string of the molecule is CCC(CNC(=O)c1cc([N+](=O)[O-])ccc1Cl)c1ccccc1. The number of nitro benzene ring substituents is 1. The molecule has 120 valence electrons. The Morgan fingerprint density at radius 1 is 1.26 bits per heavy atom. The second-order valence-electron chi connectivity index (χ2n) is 5.15. The maximum Gasteiger partial charge on any atom is 0.270 e. The third-order valence-corrected chi connectivity index (χ3v) is 4.01. The van der Waals surface area contributed by atoms with Gasteiger partial charge >= 0.3 is 0 Å². The van der Waals surface area contributed by atoms with Gasteiger partial charge in [0.25, 0.3) is 11.6 Å². The van der Waals surface area contributed by atoms with Crippen molar-refractivity contribution < 1.29 is 9.72 Å². The molecule has 2 aromatic carbocycles. The first-order valence-corrected chi connectivity index (χ1v) is 7.67. The lowest BCUT2D eigenvalue weighted by Crippen LogP contribution is -2.28. The Balaban J connectivity index is 2.10. The molecule has 6 heteroatoms. The lowest BCUT2D eigenvalue weighted by molar-refractivity contribution is -0.384. The highest BCUT2D eigenvalue weighted by molar-refractivity contribution is 6.33. The van der Waals surface area contributed by atoms with Gasteiger partial charge in [0.15, 0.2) is 0 Å². The van der Waals surface area contributed by atoms with Crippen molar-refractivity contribution in [3.05, 3.63) is 74.8 Å². The molecule has 0 aromatic heterocycles. The topological polar surface area (TPSA) is 72.2 Å². The second kappa shape index (κ2) is 7.74. The van der Waals surface area contributed by atoms with Crippen molar-refractivity contribution in [2.45, 2.75) is 19.3 Å². The molecule has 23 heavy (non-hydrogen) atoms. The first-order valence-electron chi connectivity index (χ1n) is 7.30. The molecular formula is C17H17ClN2O3. The van der Waals surface area contributed by atoms with Crippen LogP contribution in [-0.2, 0) is 0 Å². The highest BCUT2D eigenvalue weighted by atomic mass is 35.5. The van der Waals surface area contributed by atoms with Crippen molar-refractivity contribution >= 4 is 23.2 Å². The van der Waals surface area contributed by atoms with Crippen molar-refractivity contribution in [2.75, 3.05) is 6.54 Å². The number of carbonyl (C=O) groups excluding carboxylic acids is 1. The smallest absolute Gasteiger partial charge is 0.270 e. The van der Waals surface area contributed by atoms with Crippen LogP contribution < -0.4 is 5.32 Å². The minimum atomic E-state index is -0.550. The number of hydrogen-bond acceptors (Lipinski definition) is 3. The number of nitro groups is 1. The van der Waals surface area contributed by atoms with E-state index in [1.165, 1.54) is 18.2 Å². The monoisotopic (exact) mass is 332 g/mol. The van der Waals surface area contributed by atoms with Gasteiger partial charge < -0.3 is 5.32 Å². The minimum Gasteiger partial charge on any atom is -0.351 e. The van der Waals surface area contributed by atoms with E-state index in [2.05, 4.69) is 5.32 Å². The minimum absolute atomic E-state index is 0.115. The molecule has 0 saturated heterocycles. The fourth-order valence-electron chi connectivity index (χ4n) is 2.34. The van der Waals surface area contributed by atoms with E-state index >= 15 is 0 Å². The standard InChI is InChI=1S/C17H17ClN2O3/c1-2-12(13-6-4-3-5-7-13)11-19-17(21)15-10-14(20(22)23)8-9-16(15)18/h3-10,12H,2,11H2,1H3,(H,19,21). The molecule has 0 heterocycles. The number of non-ortho nitro benzene ring substituents is 1. The molecule has 1 N–H and O–H groups in total. The summed E-state index contributed by atoms with van der Waals surface area (Å²) in [5.74, 6) is -0.231. The Labute approximate surface area is 139 Å². The third-order valence-electron chi connectivity index (χ3n) is 3.68. The number of hydrogen-bond donors (Lipinski definition) is 1. The zero-order valence-corrected chi connectivity index (χ0v) is 13.4. The summed E-state index contributed by atoms with van der Waals surface area (Å²) in [6, 6.07) is 13.7. The molecule has 0 fully saturated rings. The van der Waals surface area contributed by atoms with Crippen molar-refractivity contribution in [1.82, 2.24) is 5.32 Å². The van der Waals surface area contributed by atoms with Crippen LogP contribution in [0.25, 0.3) is 0 Å². The molecule has 0 aliphatic rings. The van der Waals surface area contributed by atoms with Gasteiger partial charge in [-0.2, -0.15) is 0 Å². The fraction of sp³-hybridized carbons (Fsp3) is 0.235. The van der Waals surface area contributed by atoms with E-state index in [1.54, 1.807) is 0 Å². The van der Waals surface area contributed by atoms with Crippen molar-refractivity contribution in [3.63, 3.8) is 0 Å². The maximum absolute atomic E-state index is 12.3. The molecule has 0 saturated carbocycles. The summed E-state index contributed by atoms with van der Waals surface area (Å²) in [6.45, 7) is 2.49. The second-order valence-corrected chi connectivity index (χ2v) is 5.55. The van der Waals surface area contributed by atoms with E-state index in [-0.39, 0.29) is 22.2 Å². The predicted octanol–water partition coefficient (Wildman–Crippen LogP) is 4.17. The van der Waals surface area contributed by atoms with Crippen LogP contribution in [0.3, 0.4) is 0 Å². The first kappa shape index (κ1) is 17.0. The molecule has 1 atom stereocenters. The number of nitrogens with one attached hydrogen (secondary N) is 1. The van der Waals surface area contributed by atoms with Gasteiger partial charge in [-0.05, 0) is 18.1 Å². The van der Waals surface area contributed by atoms with Gasteiger partial charge in [-0.3, -0.25) is 14.9 Å². The Morgan fingerprint density at radius 2 is 1.96 bits per heavy atom. The summed E-state index contributed by atoms with van der Waals surface area (Å²) < 4.78 is 0. The number of halogens is 1. The van der Waals surface area contributed by atoms with E-state index in [4.69, 9.17) is 11.6 Å². The van der Waals surface area contributed by atoms with Crippen molar-refractivity contribution in [3.8, 4) is 0 Å². The van der Waals surface area contributed by atoms with Gasteiger partial charge in [-0.1, -0.05) is 48.9 Å². The largest absolute Gasteiger partial charge is 0.351 e. The molecule has 2 aromatic rings. The van der Waals surface area contributed by atoms with Gasteiger partial charge in [0.1, 0.15) is 0 Å². The normalized spacial score (nSPS) is 11.7. The molecule has 0 aliphatic carbocycles. The molecule has 0 radical (unpaired) electrons. The summed E-state index contributed by atoms with van der Waals surface area (Å²) in [4.78, 5) is 22.5. The highest BCUT2D eigenvalue weighted by Crippen LogP contribution is 2.23. The number of rotatable bonds is 6. The summed E-state index contributed by atoms with van der Waals surface area (Å²) in [5, 5.41) is 13.8. The third kappa shape index (κ3) is 4.29. The molecule has 1 amide bonds. The zero-order chi connectivity index (χ0) is 16.8. The Kier molecular flexibility index (Phi) is 5.71. The maximum atomic E-state index is 12.3. The molecule has 1 unspecified atom stereocenters. The zero-order valence-electron chi connectivity index (χ0n) is 12.7.